The maximum atomic E-state index is 13.3. The molecule has 2 saturated carbocycles. The van der Waals surface area contributed by atoms with E-state index in [0.29, 0.717) is 24.2 Å². The van der Waals surface area contributed by atoms with Crippen LogP contribution in [0, 0.1) is 0 Å². The van der Waals surface area contributed by atoms with Crippen molar-refractivity contribution < 1.29 is 9.59 Å². The number of hydrogen-bond donors (Lipinski definition) is 0. The highest BCUT2D eigenvalue weighted by Gasteiger charge is 2.28. The van der Waals surface area contributed by atoms with Crippen molar-refractivity contribution in [3.05, 3.63) is 60.7 Å². The number of amides is 2. The Morgan fingerprint density at radius 3 is 1.53 bits per heavy atom. The number of nitrogens with zero attached hydrogens (tertiary/aromatic N) is 2. The van der Waals surface area contributed by atoms with Gasteiger partial charge in [-0.2, -0.15) is 0 Å². The lowest BCUT2D eigenvalue weighted by Crippen LogP contribution is -2.42. The molecule has 2 fully saturated rings. The third kappa shape index (κ3) is 5.41. The van der Waals surface area contributed by atoms with Crippen LogP contribution in [-0.4, -0.2) is 46.8 Å². The minimum absolute atomic E-state index is 0.00406. The van der Waals surface area contributed by atoms with Crippen LogP contribution >= 0.6 is 0 Å². The summed E-state index contributed by atoms with van der Waals surface area (Å²) in [5.74, 6) is 0.00812. The van der Waals surface area contributed by atoms with E-state index >= 15 is 0 Å². The second kappa shape index (κ2) is 11.1. The molecule has 3 rings (SSSR count). The molecule has 0 unspecified atom stereocenters. The van der Waals surface area contributed by atoms with Crippen LogP contribution in [0.4, 0.5) is 0 Å². The van der Waals surface area contributed by atoms with E-state index in [1.165, 1.54) is 38.5 Å². The number of benzene rings is 1. The van der Waals surface area contributed by atoms with Crippen molar-refractivity contribution in [3.63, 3.8) is 0 Å². The summed E-state index contributed by atoms with van der Waals surface area (Å²) in [6.45, 7) is 8.79. The zero-order chi connectivity index (χ0) is 21.3. The summed E-state index contributed by atoms with van der Waals surface area (Å²) in [7, 11) is 0. The van der Waals surface area contributed by atoms with Crippen LogP contribution in [0.15, 0.2) is 49.6 Å². The van der Waals surface area contributed by atoms with Gasteiger partial charge in [0.1, 0.15) is 0 Å². The Kier molecular flexibility index (Phi) is 8.30. The van der Waals surface area contributed by atoms with Crippen molar-refractivity contribution >= 4 is 11.8 Å². The molecule has 0 aromatic heterocycles. The summed E-state index contributed by atoms with van der Waals surface area (Å²) in [6, 6.07) is 7.81. The molecule has 2 aliphatic carbocycles. The van der Waals surface area contributed by atoms with Crippen molar-refractivity contribution in [1.82, 2.24) is 9.80 Å². The summed E-state index contributed by atoms with van der Waals surface area (Å²) >= 11 is 0. The minimum Gasteiger partial charge on any atom is -0.332 e. The van der Waals surface area contributed by atoms with Gasteiger partial charge in [0.2, 0.25) is 0 Å². The predicted octanol–water partition coefficient (Wildman–Crippen LogP) is 5.61. The summed E-state index contributed by atoms with van der Waals surface area (Å²) < 4.78 is 0. The van der Waals surface area contributed by atoms with Gasteiger partial charge in [-0.1, -0.05) is 56.7 Å². The van der Waals surface area contributed by atoms with E-state index < -0.39 is 0 Å². The van der Waals surface area contributed by atoms with Gasteiger partial charge in [0.25, 0.3) is 11.8 Å². The van der Waals surface area contributed by atoms with Crippen LogP contribution in [0.25, 0.3) is 0 Å². The van der Waals surface area contributed by atoms with Gasteiger partial charge < -0.3 is 9.80 Å². The lowest BCUT2D eigenvalue weighted by molar-refractivity contribution is 0.0661. The zero-order valence-electron chi connectivity index (χ0n) is 18.2. The van der Waals surface area contributed by atoms with Gasteiger partial charge in [-0.05, 0) is 43.9 Å². The van der Waals surface area contributed by atoms with Gasteiger partial charge in [0.05, 0.1) is 0 Å². The number of rotatable bonds is 8. The molecule has 0 bridgehead atoms. The van der Waals surface area contributed by atoms with Crippen LogP contribution < -0.4 is 0 Å². The van der Waals surface area contributed by atoms with Crippen molar-refractivity contribution in [3.8, 4) is 0 Å². The molecule has 4 nitrogen and oxygen atoms in total. The summed E-state index contributed by atoms with van der Waals surface area (Å²) in [5, 5.41) is 0. The molecule has 162 valence electrons. The van der Waals surface area contributed by atoms with Crippen LogP contribution in [0.3, 0.4) is 0 Å². The van der Waals surface area contributed by atoms with Crippen molar-refractivity contribution in [1.29, 1.82) is 0 Å². The molecule has 0 heterocycles. The maximum Gasteiger partial charge on any atom is 0.254 e. The smallest absolute Gasteiger partial charge is 0.254 e. The van der Waals surface area contributed by atoms with Gasteiger partial charge in [-0.15, -0.1) is 13.2 Å². The van der Waals surface area contributed by atoms with E-state index in [2.05, 4.69) is 13.2 Å². The third-order valence-electron chi connectivity index (χ3n) is 6.56. The molecule has 0 spiro atoms. The Hall–Kier alpha value is -2.36. The summed E-state index contributed by atoms with van der Waals surface area (Å²) in [4.78, 5) is 30.6. The van der Waals surface area contributed by atoms with E-state index in [9.17, 15) is 9.59 Å². The lowest BCUT2D eigenvalue weighted by atomic mass is 9.93. The van der Waals surface area contributed by atoms with E-state index in [4.69, 9.17) is 0 Å². The van der Waals surface area contributed by atoms with E-state index in [-0.39, 0.29) is 23.9 Å². The second-order valence-corrected chi connectivity index (χ2v) is 8.66. The fraction of sp³-hybridized carbons (Fsp3) is 0.538. The van der Waals surface area contributed by atoms with Crippen LogP contribution in [-0.2, 0) is 0 Å². The van der Waals surface area contributed by atoms with Crippen LogP contribution in [0.5, 0.6) is 0 Å². The van der Waals surface area contributed by atoms with Gasteiger partial charge in [-0.3, -0.25) is 9.59 Å². The first-order chi connectivity index (χ1) is 14.7. The fourth-order valence-electron chi connectivity index (χ4n) is 4.98. The normalized spacial score (nSPS) is 17.9. The average Bonchev–Trinajstić information content (AvgIpc) is 2.81. The first-order valence-corrected chi connectivity index (χ1v) is 11.6. The standard InChI is InChI=1S/C26H36N2O2/c1-3-18-27(23-14-7-5-8-15-23)25(29)21-12-11-13-22(20-21)26(30)28(19-4-2)24-16-9-6-10-17-24/h3-4,11-13,20,23-24H,1-2,5-10,14-19H2. The highest BCUT2D eigenvalue weighted by molar-refractivity contribution is 6.00. The molecule has 2 aliphatic rings. The minimum atomic E-state index is 0.00406. The first-order valence-electron chi connectivity index (χ1n) is 11.6. The van der Waals surface area contributed by atoms with E-state index in [0.717, 1.165) is 25.7 Å². The molecule has 0 radical (unpaired) electrons. The van der Waals surface area contributed by atoms with Gasteiger partial charge in [-0.25, -0.2) is 0 Å². The van der Waals surface area contributed by atoms with E-state index in [1.807, 2.05) is 28.0 Å². The van der Waals surface area contributed by atoms with Crippen LogP contribution in [0.2, 0.25) is 0 Å². The molecule has 30 heavy (non-hydrogen) atoms. The molecule has 0 saturated heterocycles. The van der Waals surface area contributed by atoms with E-state index in [1.54, 1.807) is 18.2 Å². The Balaban J connectivity index is 1.80. The quantitative estimate of drug-likeness (QED) is 0.525. The zero-order valence-corrected chi connectivity index (χ0v) is 18.2. The Bertz CT molecular complexity index is 686. The second-order valence-electron chi connectivity index (χ2n) is 8.66. The molecule has 0 N–H and O–H groups in total. The molecule has 0 aliphatic heterocycles. The van der Waals surface area contributed by atoms with Crippen molar-refractivity contribution in [2.75, 3.05) is 13.1 Å². The monoisotopic (exact) mass is 408 g/mol. The molecule has 2 amide bonds. The van der Waals surface area contributed by atoms with Gasteiger partial charge in [0, 0.05) is 36.3 Å². The maximum absolute atomic E-state index is 13.3. The van der Waals surface area contributed by atoms with Crippen molar-refractivity contribution in [2.24, 2.45) is 0 Å². The fourth-order valence-corrected chi connectivity index (χ4v) is 4.98. The topological polar surface area (TPSA) is 40.6 Å². The summed E-state index contributed by atoms with van der Waals surface area (Å²) in [5.41, 5.74) is 1.19. The molecular formula is C26H36N2O2. The third-order valence-corrected chi connectivity index (χ3v) is 6.56. The number of carbonyl (C=O) groups is 2. The average molecular weight is 409 g/mol. The summed E-state index contributed by atoms with van der Waals surface area (Å²) in [6.07, 6.45) is 15.0. The number of hydrogen-bond acceptors (Lipinski definition) is 2. The lowest BCUT2D eigenvalue weighted by Gasteiger charge is -2.34. The first kappa shape index (κ1) is 22.3. The van der Waals surface area contributed by atoms with Crippen LogP contribution in [0.1, 0.15) is 84.9 Å². The Labute approximate surface area is 181 Å². The highest BCUT2D eigenvalue weighted by atomic mass is 16.2. The molecular weight excluding hydrogens is 372 g/mol. The van der Waals surface area contributed by atoms with Gasteiger partial charge >= 0.3 is 0 Å². The predicted molar refractivity (Wildman–Crippen MR) is 123 cm³/mol. The largest absolute Gasteiger partial charge is 0.332 e. The molecule has 1 aromatic carbocycles. The Morgan fingerprint density at radius 1 is 0.767 bits per heavy atom. The number of carbonyl (C=O) groups excluding carboxylic acids is 2. The van der Waals surface area contributed by atoms with Gasteiger partial charge in [0.15, 0.2) is 0 Å². The molecule has 0 atom stereocenters. The van der Waals surface area contributed by atoms with Crippen molar-refractivity contribution in [2.45, 2.75) is 76.3 Å². The highest BCUT2D eigenvalue weighted by Crippen LogP contribution is 2.26. The molecule has 1 aromatic rings. The Morgan fingerprint density at radius 2 is 1.17 bits per heavy atom. The SMILES string of the molecule is C=CCN(C(=O)c1cccc(C(=O)N(CC=C)C2CCCCC2)c1)C1CCCCC1. The molecule has 4 heteroatoms.